The number of alkyl halides is 6. The molecular weight excluding hydrogens is 416 g/mol. The molecule has 1 aliphatic rings. The number of carbonyl (C=O) groups is 2. The van der Waals surface area contributed by atoms with Crippen LogP contribution < -0.4 is 10.1 Å². The molecule has 1 heterocycles. The average molecular weight is 431 g/mol. The number of carbonyl (C=O) groups excluding carboxylic acids is 2. The smallest absolute Gasteiger partial charge is 0.416 e. The summed E-state index contributed by atoms with van der Waals surface area (Å²) in [5.74, 6) is -1.02. The fraction of sp³-hybridized carbons (Fsp3) is 0.300. The molecule has 0 unspecified atom stereocenters. The van der Waals surface area contributed by atoms with E-state index in [1.54, 1.807) is 13.8 Å². The summed E-state index contributed by atoms with van der Waals surface area (Å²) in [6.07, 6.45) is -10.0. The predicted molar refractivity (Wildman–Crippen MR) is 94.5 cm³/mol. The van der Waals surface area contributed by atoms with E-state index in [-0.39, 0.29) is 35.1 Å². The number of rotatable bonds is 2. The van der Waals surface area contributed by atoms with Crippen LogP contribution in [0.15, 0.2) is 36.4 Å². The van der Waals surface area contributed by atoms with Crippen molar-refractivity contribution < 1.29 is 40.7 Å². The molecule has 30 heavy (non-hydrogen) atoms. The maximum atomic E-state index is 13.0. The summed E-state index contributed by atoms with van der Waals surface area (Å²) in [4.78, 5) is 24.7. The molecule has 0 saturated heterocycles. The molecular formula is C20H15F6NO3. The zero-order valence-electron chi connectivity index (χ0n) is 15.7. The summed E-state index contributed by atoms with van der Waals surface area (Å²) < 4.78 is 83.4. The van der Waals surface area contributed by atoms with Crippen LogP contribution in [-0.2, 0) is 12.4 Å². The first-order valence-electron chi connectivity index (χ1n) is 8.63. The van der Waals surface area contributed by atoms with E-state index in [4.69, 9.17) is 4.74 Å². The number of ketones is 1. The molecule has 0 fully saturated rings. The van der Waals surface area contributed by atoms with E-state index in [9.17, 15) is 35.9 Å². The Hall–Kier alpha value is -3.04. The molecule has 10 heteroatoms. The van der Waals surface area contributed by atoms with E-state index >= 15 is 0 Å². The summed E-state index contributed by atoms with van der Waals surface area (Å²) in [7, 11) is 0. The second-order valence-electron chi connectivity index (χ2n) is 7.42. The minimum absolute atomic E-state index is 0.0354. The SMILES string of the molecule is CC1(C)CC(=O)c2cc(C(=O)Nc3cc(C(F)(F)F)cc(C(F)(F)F)c3)ccc2O1. The lowest BCUT2D eigenvalue weighted by Gasteiger charge is -2.31. The number of benzene rings is 2. The first-order valence-corrected chi connectivity index (χ1v) is 8.63. The van der Waals surface area contributed by atoms with Crippen LogP contribution >= 0.6 is 0 Å². The van der Waals surface area contributed by atoms with Gasteiger partial charge in [0.2, 0.25) is 0 Å². The number of nitrogens with one attached hydrogen (secondary N) is 1. The normalized spacial score (nSPS) is 15.9. The van der Waals surface area contributed by atoms with Gasteiger partial charge in [-0.05, 0) is 50.2 Å². The molecule has 0 saturated carbocycles. The van der Waals surface area contributed by atoms with Gasteiger partial charge >= 0.3 is 12.4 Å². The van der Waals surface area contributed by atoms with Crippen LogP contribution in [0.25, 0.3) is 0 Å². The van der Waals surface area contributed by atoms with E-state index in [1.807, 2.05) is 5.32 Å². The molecule has 160 valence electrons. The van der Waals surface area contributed by atoms with Gasteiger partial charge in [-0.3, -0.25) is 9.59 Å². The van der Waals surface area contributed by atoms with Crippen LogP contribution in [0.2, 0.25) is 0 Å². The van der Waals surface area contributed by atoms with Crippen molar-refractivity contribution in [3.05, 3.63) is 58.7 Å². The van der Waals surface area contributed by atoms with Gasteiger partial charge in [0.05, 0.1) is 23.1 Å². The number of fused-ring (bicyclic) bond motifs is 1. The maximum Gasteiger partial charge on any atom is 0.416 e. The van der Waals surface area contributed by atoms with Gasteiger partial charge in [0.1, 0.15) is 11.4 Å². The number of halogens is 6. The summed E-state index contributed by atoms with van der Waals surface area (Å²) in [5, 5.41) is 2.03. The lowest BCUT2D eigenvalue weighted by molar-refractivity contribution is -0.143. The van der Waals surface area contributed by atoms with Crippen LogP contribution in [0, 0.1) is 0 Å². The third kappa shape index (κ3) is 4.58. The van der Waals surface area contributed by atoms with Gasteiger partial charge in [-0.25, -0.2) is 0 Å². The Bertz CT molecular complexity index is 992. The van der Waals surface area contributed by atoms with Crippen molar-refractivity contribution in [1.82, 2.24) is 0 Å². The Kier molecular flexibility index (Phi) is 5.08. The van der Waals surface area contributed by atoms with Gasteiger partial charge in [0, 0.05) is 11.3 Å². The monoisotopic (exact) mass is 431 g/mol. The molecule has 0 radical (unpaired) electrons. The molecule has 0 aromatic heterocycles. The summed E-state index contributed by atoms with van der Waals surface area (Å²) in [5.41, 5.74) is -4.52. The number of anilines is 1. The largest absolute Gasteiger partial charge is 0.487 e. The molecule has 3 rings (SSSR count). The van der Waals surface area contributed by atoms with Gasteiger partial charge in [-0.15, -0.1) is 0 Å². The molecule has 2 aromatic rings. The van der Waals surface area contributed by atoms with Crippen molar-refractivity contribution in [1.29, 1.82) is 0 Å². The first-order chi connectivity index (χ1) is 13.7. The molecule has 0 bridgehead atoms. The topological polar surface area (TPSA) is 55.4 Å². The van der Waals surface area contributed by atoms with Crippen molar-refractivity contribution in [2.24, 2.45) is 0 Å². The third-order valence-corrected chi connectivity index (χ3v) is 4.36. The number of ether oxygens (including phenoxy) is 1. The Morgan fingerprint density at radius 3 is 2.07 bits per heavy atom. The average Bonchev–Trinajstić information content (AvgIpc) is 2.58. The second kappa shape index (κ2) is 7.03. The van der Waals surface area contributed by atoms with Crippen LogP contribution in [0.1, 0.15) is 52.1 Å². The Balaban J connectivity index is 1.93. The standard InChI is InChI=1S/C20H15F6NO3/c1-18(2)9-15(28)14-5-10(3-4-16(14)30-18)17(29)27-13-7-11(19(21,22)23)6-12(8-13)20(24,25)26/h3-8H,9H2,1-2H3,(H,27,29). The first kappa shape index (κ1) is 21.7. The zero-order valence-corrected chi connectivity index (χ0v) is 15.7. The number of hydrogen-bond acceptors (Lipinski definition) is 3. The van der Waals surface area contributed by atoms with E-state index < -0.39 is 40.7 Å². The molecule has 2 aromatic carbocycles. The van der Waals surface area contributed by atoms with Gasteiger partial charge < -0.3 is 10.1 Å². The van der Waals surface area contributed by atoms with E-state index in [0.29, 0.717) is 12.1 Å². The molecule has 1 aliphatic heterocycles. The minimum atomic E-state index is -5.04. The van der Waals surface area contributed by atoms with E-state index in [1.165, 1.54) is 18.2 Å². The molecule has 0 atom stereocenters. The molecule has 4 nitrogen and oxygen atoms in total. The fourth-order valence-corrected chi connectivity index (χ4v) is 3.02. The molecule has 1 amide bonds. The highest BCUT2D eigenvalue weighted by Crippen LogP contribution is 2.38. The number of Topliss-reactive ketones (excluding diaryl/α,β-unsaturated/α-hetero) is 1. The summed E-state index contributed by atoms with van der Waals surface area (Å²) in [6, 6.07) is 4.59. The zero-order chi connectivity index (χ0) is 22.5. The lowest BCUT2D eigenvalue weighted by Crippen LogP contribution is -2.36. The maximum absolute atomic E-state index is 13.0. The van der Waals surface area contributed by atoms with E-state index in [0.717, 1.165) is 0 Å². The highest BCUT2D eigenvalue weighted by molar-refractivity contribution is 6.07. The summed E-state index contributed by atoms with van der Waals surface area (Å²) in [6.45, 7) is 3.42. The van der Waals surface area contributed by atoms with Crippen molar-refractivity contribution in [2.75, 3.05) is 5.32 Å². The molecule has 0 spiro atoms. The molecule has 1 N–H and O–H groups in total. The van der Waals surface area contributed by atoms with Crippen LogP contribution in [-0.4, -0.2) is 17.3 Å². The highest BCUT2D eigenvalue weighted by atomic mass is 19.4. The predicted octanol–water partition coefficient (Wildman–Crippen LogP) is 5.72. The van der Waals surface area contributed by atoms with Gasteiger partial charge in [0.15, 0.2) is 5.78 Å². The molecule has 0 aliphatic carbocycles. The van der Waals surface area contributed by atoms with Gasteiger partial charge in [-0.2, -0.15) is 26.3 Å². The highest BCUT2D eigenvalue weighted by Gasteiger charge is 2.37. The Labute approximate surface area is 166 Å². The lowest BCUT2D eigenvalue weighted by atomic mass is 9.92. The van der Waals surface area contributed by atoms with Crippen molar-refractivity contribution >= 4 is 17.4 Å². The van der Waals surface area contributed by atoms with Crippen LogP contribution in [0.4, 0.5) is 32.0 Å². The quantitative estimate of drug-likeness (QED) is 0.619. The Morgan fingerprint density at radius 2 is 1.53 bits per heavy atom. The van der Waals surface area contributed by atoms with Crippen molar-refractivity contribution in [2.45, 2.75) is 38.2 Å². The van der Waals surface area contributed by atoms with Gasteiger partial charge in [-0.1, -0.05) is 0 Å². The number of amides is 1. The summed E-state index contributed by atoms with van der Waals surface area (Å²) >= 11 is 0. The fourth-order valence-electron chi connectivity index (χ4n) is 3.02. The Morgan fingerprint density at radius 1 is 0.967 bits per heavy atom. The van der Waals surface area contributed by atoms with E-state index in [2.05, 4.69) is 0 Å². The second-order valence-corrected chi connectivity index (χ2v) is 7.42. The minimum Gasteiger partial charge on any atom is -0.487 e. The van der Waals surface area contributed by atoms with Gasteiger partial charge in [0.25, 0.3) is 5.91 Å². The van der Waals surface area contributed by atoms with Crippen LogP contribution in [0.5, 0.6) is 5.75 Å². The third-order valence-electron chi connectivity index (χ3n) is 4.36. The van der Waals surface area contributed by atoms with Crippen molar-refractivity contribution in [3.8, 4) is 5.75 Å². The van der Waals surface area contributed by atoms with Crippen molar-refractivity contribution in [3.63, 3.8) is 0 Å². The number of hydrogen-bond donors (Lipinski definition) is 1. The van der Waals surface area contributed by atoms with Crippen LogP contribution in [0.3, 0.4) is 0 Å².